The van der Waals surface area contributed by atoms with Crippen LogP contribution in [0.3, 0.4) is 0 Å². The fourth-order valence-corrected chi connectivity index (χ4v) is 2.63. The zero-order valence-corrected chi connectivity index (χ0v) is 11.8. The molecule has 6 heteroatoms. The number of benzene rings is 1. The van der Waals surface area contributed by atoms with Crippen LogP contribution in [-0.4, -0.2) is 20.0 Å². The second-order valence-electron chi connectivity index (χ2n) is 4.20. The second kappa shape index (κ2) is 6.51. The predicted molar refractivity (Wildman–Crippen MR) is 76.8 cm³/mol. The molecule has 0 fully saturated rings. The van der Waals surface area contributed by atoms with E-state index in [-0.39, 0.29) is 4.99 Å². The number of hydroxylamine groups is 2. The van der Waals surface area contributed by atoms with Crippen LogP contribution in [0.1, 0.15) is 12.5 Å². The van der Waals surface area contributed by atoms with Gasteiger partial charge in [0, 0.05) is 12.0 Å². The van der Waals surface area contributed by atoms with E-state index in [1.165, 1.54) is 6.20 Å². The zero-order valence-electron chi connectivity index (χ0n) is 11.0. The second-order valence-corrected chi connectivity index (χ2v) is 5.07. The third-order valence-electron chi connectivity index (χ3n) is 2.88. The summed E-state index contributed by atoms with van der Waals surface area (Å²) >= 11 is 0. The van der Waals surface area contributed by atoms with Crippen LogP contribution in [0.4, 0.5) is 0 Å². The van der Waals surface area contributed by atoms with E-state index in [1.54, 1.807) is 12.2 Å². The van der Waals surface area contributed by atoms with Gasteiger partial charge in [-0.3, -0.25) is 0 Å². The molecule has 0 aromatic heterocycles. The third-order valence-corrected chi connectivity index (χ3v) is 3.68. The van der Waals surface area contributed by atoms with Crippen molar-refractivity contribution in [1.29, 1.82) is 0 Å². The summed E-state index contributed by atoms with van der Waals surface area (Å²) in [6, 6.07) is 7.39. The van der Waals surface area contributed by atoms with E-state index in [0.717, 1.165) is 5.56 Å². The van der Waals surface area contributed by atoms with Gasteiger partial charge in [0.1, 0.15) is 11.9 Å². The van der Waals surface area contributed by atoms with Gasteiger partial charge in [-0.05, 0) is 30.7 Å². The maximum Gasteiger partial charge on any atom is 0.277 e. The monoisotopic (exact) mass is 293 g/mol. The van der Waals surface area contributed by atoms with Gasteiger partial charge in [0.15, 0.2) is 0 Å². The molecule has 1 aromatic rings. The molecule has 1 heterocycles. The molecule has 0 saturated heterocycles. The maximum atomic E-state index is 11.7. The molecular formula is C14H15NO4S. The van der Waals surface area contributed by atoms with Crippen LogP contribution in [-0.2, 0) is 16.7 Å². The van der Waals surface area contributed by atoms with Crippen molar-refractivity contribution in [1.82, 2.24) is 0 Å². The van der Waals surface area contributed by atoms with Gasteiger partial charge in [0.05, 0.1) is 6.61 Å². The minimum absolute atomic E-state index is 0.168. The molecule has 0 bridgehead atoms. The fraction of sp³-hybridized carbons (Fsp3) is 0.214. The van der Waals surface area contributed by atoms with E-state index >= 15 is 0 Å². The summed E-state index contributed by atoms with van der Waals surface area (Å²) < 4.78 is 27.9. The Morgan fingerprint density at radius 1 is 1.30 bits per heavy atom. The Kier molecular flexibility index (Phi) is 4.73. The van der Waals surface area contributed by atoms with Crippen LogP contribution < -0.4 is 9.80 Å². The quantitative estimate of drug-likeness (QED) is 0.647. The standard InChI is InChI=1S/C14H15NO4S/c1-2-19-13-8-4-3-6-11(13)10-12-7-5-9-15(16)14(12)20(17)18/h3-9,15H,2,10H2,1H3. The number of allylic oxidation sites excluding steroid dienone is 2. The SMILES string of the molecule is CCOc1ccccc1CC1=CC=C[NH+]([O-])C1=S(=O)=O. The van der Waals surface area contributed by atoms with E-state index in [2.05, 4.69) is 0 Å². The number of para-hydroxylation sites is 1. The molecule has 5 nitrogen and oxygen atoms in total. The van der Waals surface area contributed by atoms with Crippen molar-refractivity contribution in [3.8, 4) is 5.75 Å². The topological polar surface area (TPSA) is 70.9 Å². The van der Waals surface area contributed by atoms with Crippen molar-refractivity contribution in [3.05, 3.63) is 59.0 Å². The highest BCUT2D eigenvalue weighted by molar-refractivity contribution is 7.72. The van der Waals surface area contributed by atoms with E-state index in [4.69, 9.17) is 4.74 Å². The number of rotatable bonds is 4. The summed E-state index contributed by atoms with van der Waals surface area (Å²) in [6.45, 7) is 2.41. The van der Waals surface area contributed by atoms with Gasteiger partial charge < -0.3 is 15.0 Å². The van der Waals surface area contributed by atoms with Crippen LogP contribution in [0.25, 0.3) is 0 Å². The van der Waals surface area contributed by atoms with Gasteiger partial charge in [0.2, 0.25) is 0 Å². The Balaban J connectivity index is 2.37. The molecule has 0 aliphatic carbocycles. The van der Waals surface area contributed by atoms with Crippen LogP contribution in [0, 0.1) is 5.21 Å². The maximum absolute atomic E-state index is 11.7. The summed E-state index contributed by atoms with van der Waals surface area (Å²) in [5.41, 5.74) is 1.34. The summed E-state index contributed by atoms with van der Waals surface area (Å²) in [5, 5.41) is 11.2. The Morgan fingerprint density at radius 3 is 2.75 bits per heavy atom. The minimum atomic E-state index is -2.54. The lowest BCUT2D eigenvalue weighted by Gasteiger charge is -2.21. The zero-order chi connectivity index (χ0) is 14.5. The van der Waals surface area contributed by atoms with Crippen molar-refractivity contribution in [2.24, 2.45) is 0 Å². The third kappa shape index (κ3) is 3.16. The molecule has 1 atom stereocenters. The minimum Gasteiger partial charge on any atom is -0.623 e. The lowest BCUT2D eigenvalue weighted by molar-refractivity contribution is -0.680. The first kappa shape index (κ1) is 14.5. The summed E-state index contributed by atoms with van der Waals surface area (Å²) in [7, 11) is -2.54. The highest BCUT2D eigenvalue weighted by Gasteiger charge is 2.20. The van der Waals surface area contributed by atoms with Crippen molar-refractivity contribution >= 4 is 15.3 Å². The molecular weight excluding hydrogens is 278 g/mol. The van der Waals surface area contributed by atoms with Crippen LogP contribution in [0.5, 0.6) is 5.75 Å². The summed E-state index contributed by atoms with van der Waals surface area (Å²) in [4.78, 5) is -0.168. The first-order valence-corrected chi connectivity index (χ1v) is 7.29. The molecule has 0 saturated carbocycles. The number of ether oxygens (including phenoxy) is 1. The van der Waals surface area contributed by atoms with E-state index in [9.17, 15) is 13.6 Å². The smallest absolute Gasteiger partial charge is 0.277 e. The summed E-state index contributed by atoms with van der Waals surface area (Å²) in [5.74, 6) is 0.703. The Hall–Kier alpha value is -1.89. The van der Waals surface area contributed by atoms with Gasteiger partial charge in [-0.25, -0.2) is 0 Å². The van der Waals surface area contributed by atoms with Crippen LogP contribution in [0.15, 0.2) is 48.2 Å². The molecule has 0 radical (unpaired) electrons. The van der Waals surface area contributed by atoms with Crippen LogP contribution in [0.2, 0.25) is 0 Å². The predicted octanol–water partition coefficient (Wildman–Crippen LogP) is 0.473. The van der Waals surface area contributed by atoms with E-state index in [1.807, 2.05) is 31.2 Å². The molecule has 20 heavy (non-hydrogen) atoms. The molecule has 1 N–H and O–H groups in total. The van der Waals surface area contributed by atoms with Crippen LogP contribution >= 0.6 is 0 Å². The van der Waals surface area contributed by atoms with Gasteiger partial charge >= 0.3 is 0 Å². The highest BCUT2D eigenvalue weighted by Crippen LogP contribution is 2.21. The van der Waals surface area contributed by atoms with Gasteiger partial charge in [-0.15, -0.1) is 0 Å². The molecule has 0 spiro atoms. The molecule has 0 amide bonds. The molecule has 1 aliphatic heterocycles. The van der Waals surface area contributed by atoms with Gasteiger partial charge in [0.25, 0.3) is 15.3 Å². The number of nitrogens with one attached hydrogen (secondary N) is 1. The summed E-state index contributed by atoms with van der Waals surface area (Å²) in [6.07, 6.45) is 4.81. The normalized spacial score (nSPS) is 17.8. The number of quaternary nitrogens is 1. The largest absolute Gasteiger partial charge is 0.623 e. The van der Waals surface area contributed by atoms with E-state index in [0.29, 0.717) is 24.4 Å². The van der Waals surface area contributed by atoms with E-state index < -0.39 is 15.4 Å². The van der Waals surface area contributed by atoms with Crippen molar-refractivity contribution in [3.63, 3.8) is 0 Å². The molecule has 2 rings (SSSR count). The lowest BCUT2D eigenvalue weighted by atomic mass is 10.0. The number of hydrogen-bond acceptors (Lipinski definition) is 4. The lowest BCUT2D eigenvalue weighted by Crippen LogP contribution is -3.06. The average Bonchev–Trinajstić information content (AvgIpc) is 2.41. The van der Waals surface area contributed by atoms with Crippen molar-refractivity contribution in [2.45, 2.75) is 13.3 Å². The van der Waals surface area contributed by atoms with Gasteiger partial charge in [-0.2, -0.15) is 8.42 Å². The Labute approximate surface area is 118 Å². The average molecular weight is 293 g/mol. The molecule has 1 aromatic carbocycles. The number of hydrogen-bond donors (Lipinski definition) is 1. The fourth-order valence-electron chi connectivity index (χ4n) is 2.04. The first-order valence-electron chi connectivity index (χ1n) is 6.22. The Morgan fingerprint density at radius 2 is 2.05 bits per heavy atom. The highest BCUT2D eigenvalue weighted by atomic mass is 32.2. The molecule has 1 unspecified atom stereocenters. The van der Waals surface area contributed by atoms with Crippen molar-refractivity contribution in [2.75, 3.05) is 6.61 Å². The van der Waals surface area contributed by atoms with Gasteiger partial charge in [-0.1, -0.05) is 18.2 Å². The molecule has 106 valence electrons. The van der Waals surface area contributed by atoms with Crippen molar-refractivity contribution < 1.29 is 18.2 Å². The Bertz CT molecular complexity index is 681. The molecule has 1 aliphatic rings. The first-order chi connectivity index (χ1) is 9.63.